The Morgan fingerprint density at radius 1 is 1.42 bits per heavy atom. The standard InChI is InChI=1S/C15H18N4O4S/c1-22-15(20)11-5-6-12(18-8-11)24(16,21)14-9-17-10-19(14)13-4-2-3-7-23-13/h5-6,8-10,13,16H,2-4,7H2,1H3. The average molecular weight is 350 g/mol. The SMILES string of the molecule is COC(=O)c1ccc(S(=N)(=O)c2cncn2C2CCCCO2)nc1. The van der Waals surface area contributed by atoms with E-state index in [9.17, 15) is 9.00 Å². The van der Waals surface area contributed by atoms with E-state index in [2.05, 4.69) is 14.7 Å². The van der Waals surface area contributed by atoms with Gasteiger partial charge >= 0.3 is 5.97 Å². The Balaban J connectivity index is 1.94. The minimum Gasteiger partial charge on any atom is -0.465 e. The van der Waals surface area contributed by atoms with Crippen LogP contribution in [0.15, 0.2) is 40.9 Å². The highest BCUT2D eigenvalue weighted by atomic mass is 32.2. The van der Waals surface area contributed by atoms with Crippen LogP contribution in [-0.2, 0) is 19.2 Å². The van der Waals surface area contributed by atoms with Crippen molar-refractivity contribution in [3.05, 3.63) is 36.4 Å². The molecular formula is C15H18N4O4S. The van der Waals surface area contributed by atoms with Crippen LogP contribution in [0.4, 0.5) is 0 Å². The van der Waals surface area contributed by atoms with E-state index in [4.69, 9.17) is 9.52 Å². The Bertz CT molecular complexity index is 823. The van der Waals surface area contributed by atoms with Crippen molar-refractivity contribution in [2.24, 2.45) is 0 Å². The summed E-state index contributed by atoms with van der Waals surface area (Å²) in [5.41, 5.74) is 0.237. The molecule has 2 aromatic rings. The second-order valence-electron chi connectivity index (χ2n) is 5.39. The van der Waals surface area contributed by atoms with E-state index < -0.39 is 15.7 Å². The van der Waals surface area contributed by atoms with Gasteiger partial charge in [0.2, 0.25) is 0 Å². The summed E-state index contributed by atoms with van der Waals surface area (Å²) in [6, 6.07) is 2.85. The maximum atomic E-state index is 13.0. The van der Waals surface area contributed by atoms with Gasteiger partial charge in [-0.1, -0.05) is 0 Å². The lowest BCUT2D eigenvalue weighted by molar-refractivity contribution is -0.0368. The first-order valence-electron chi connectivity index (χ1n) is 7.50. The molecule has 24 heavy (non-hydrogen) atoms. The summed E-state index contributed by atoms with van der Waals surface area (Å²) in [7, 11) is -2.10. The summed E-state index contributed by atoms with van der Waals surface area (Å²) >= 11 is 0. The van der Waals surface area contributed by atoms with Crippen molar-refractivity contribution in [2.75, 3.05) is 13.7 Å². The molecule has 128 valence electrons. The fourth-order valence-electron chi connectivity index (χ4n) is 2.57. The third-order valence-electron chi connectivity index (χ3n) is 3.84. The predicted molar refractivity (Wildman–Crippen MR) is 84.0 cm³/mol. The number of carbonyl (C=O) groups is 1. The first-order valence-corrected chi connectivity index (χ1v) is 9.06. The molecular weight excluding hydrogens is 332 g/mol. The number of carbonyl (C=O) groups excluding carboxylic acids is 1. The molecule has 3 rings (SSSR count). The summed E-state index contributed by atoms with van der Waals surface area (Å²) in [6.45, 7) is 0.632. The summed E-state index contributed by atoms with van der Waals surface area (Å²) in [5.74, 6) is -0.536. The Kier molecular flexibility index (Phi) is 4.63. The van der Waals surface area contributed by atoms with E-state index in [0.29, 0.717) is 6.61 Å². The molecule has 1 aliphatic rings. The number of rotatable bonds is 4. The number of hydrogen-bond acceptors (Lipinski definition) is 7. The second-order valence-corrected chi connectivity index (χ2v) is 7.34. The second kappa shape index (κ2) is 6.70. The highest BCUT2D eigenvalue weighted by molar-refractivity contribution is 7.92. The van der Waals surface area contributed by atoms with Crippen LogP contribution in [0.2, 0.25) is 0 Å². The zero-order chi connectivity index (χ0) is 17.2. The van der Waals surface area contributed by atoms with Crippen LogP contribution in [0.1, 0.15) is 35.8 Å². The highest BCUT2D eigenvalue weighted by Gasteiger charge is 2.25. The van der Waals surface area contributed by atoms with Gasteiger partial charge in [0.15, 0.2) is 0 Å². The molecule has 0 amide bonds. The molecule has 1 aliphatic heterocycles. The number of hydrogen-bond donors (Lipinski definition) is 1. The van der Waals surface area contributed by atoms with Gasteiger partial charge in [-0.3, -0.25) is 4.57 Å². The van der Waals surface area contributed by atoms with Crippen LogP contribution in [0.25, 0.3) is 0 Å². The van der Waals surface area contributed by atoms with E-state index >= 15 is 0 Å². The van der Waals surface area contributed by atoms with E-state index in [-0.39, 0.29) is 21.8 Å². The van der Waals surface area contributed by atoms with Crippen molar-refractivity contribution < 1.29 is 18.5 Å². The Labute approximate surface area is 139 Å². The molecule has 8 nitrogen and oxygen atoms in total. The first-order chi connectivity index (χ1) is 11.5. The molecule has 0 aromatic carbocycles. The molecule has 0 aliphatic carbocycles. The number of nitrogens with zero attached hydrogens (tertiary/aromatic N) is 3. The number of nitrogens with one attached hydrogen (secondary N) is 1. The summed E-state index contributed by atoms with van der Waals surface area (Å²) < 4.78 is 33.3. The number of imidazole rings is 1. The molecule has 1 fully saturated rings. The summed E-state index contributed by atoms with van der Waals surface area (Å²) in [6.07, 6.45) is 6.71. The van der Waals surface area contributed by atoms with Gasteiger partial charge in [-0.15, -0.1) is 0 Å². The van der Waals surface area contributed by atoms with Gasteiger partial charge in [-0.2, -0.15) is 0 Å². The lowest BCUT2D eigenvalue weighted by atomic mass is 10.2. The third kappa shape index (κ3) is 3.04. The van der Waals surface area contributed by atoms with E-state index in [0.717, 1.165) is 19.3 Å². The fourth-order valence-corrected chi connectivity index (χ4v) is 3.92. The van der Waals surface area contributed by atoms with Crippen molar-refractivity contribution in [3.8, 4) is 0 Å². The van der Waals surface area contributed by atoms with E-state index in [1.807, 2.05) is 0 Å². The lowest BCUT2D eigenvalue weighted by Crippen LogP contribution is -2.21. The van der Waals surface area contributed by atoms with Crippen LogP contribution < -0.4 is 0 Å². The molecule has 2 aromatic heterocycles. The third-order valence-corrected chi connectivity index (χ3v) is 5.58. The number of esters is 1. The Hall–Kier alpha value is -2.26. The molecule has 0 radical (unpaired) electrons. The summed E-state index contributed by atoms with van der Waals surface area (Å²) in [4.78, 5) is 19.5. The smallest absolute Gasteiger partial charge is 0.339 e. The van der Waals surface area contributed by atoms with Crippen LogP contribution >= 0.6 is 0 Å². The van der Waals surface area contributed by atoms with Gasteiger partial charge in [0.05, 0.1) is 25.2 Å². The number of ether oxygens (including phenoxy) is 2. The molecule has 2 unspecified atom stereocenters. The van der Waals surface area contributed by atoms with E-state index in [1.165, 1.54) is 38.0 Å². The van der Waals surface area contributed by atoms with Gasteiger partial charge in [0.25, 0.3) is 0 Å². The van der Waals surface area contributed by atoms with Crippen LogP contribution in [0.3, 0.4) is 0 Å². The number of methoxy groups -OCH3 is 1. The fraction of sp³-hybridized carbons (Fsp3) is 0.400. The molecule has 9 heteroatoms. The topological polar surface area (TPSA) is 107 Å². The number of aromatic nitrogens is 3. The lowest BCUT2D eigenvalue weighted by Gasteiger charge is -2.25. The van der Waals surface area contributed by atoms with Crippen molar-refractivity contribution in [1.82, 2.24) is 14.5 Å². The minimum atomic E-state index is -3.37. The molecule has 3 heterocycles. The van der Waals surface area contributed by atoms with Crippen molar-refractivity contribution in [2.45, 2.75) is 35.5 Å². The predicted octanol–water partition coefficient (Wildman–Crippen LogP) is 2.23. The van der Waals surface area contributed by atoms with Crippen LogP contribution in [-0.4, -0.2) is 38.4 Å². The molecule has 1 saturated heterocycles. The van der Waals surface area contributed by atoms with Gasteiger partial charge in [0, 0.05) is 12.8 Å². The zero-order valence-corrected chi connectivity index (χ0v) is 14.0. The largest absolute Gasteiger partial charge is 0.465 e. The Morgan fingerprint density at radius 2 is 2.25 bits per heavy atom. The average Bonchev–Trinajstić information content (AvgIpc) is 3.12. The van der Waals surface area contributed by atoms with E-state index in [1.54, 1.807) is 4.57 Å². The normalized spacial score (nSPS) is 20.3. The maximum absolute atomic E-state index is 13.0. The molecule has 0 spiro atoms. The zero-order valence-electron chi connectivity index (χ0n) is 13.2. The van der Waals surface area contributed by atoms with Crippen molar-refractivity contribution in [1.29, 1.82) is 4.78 Å². The van der Waals surface area contributed by atoms with Gasteiger partial charge < -0.3 is 9.47 Å². The highest BCUT2D eigenvalue weighted by Crippen LogP contribution is 2.28. The molecule has 2 atom stereocenters. The molecule has 0 bridgehead atoms. The van der Waals surface area contributed by atoms with Crippen LogP contribution in [0.5, 0.6) is 0 Å². The maximum Gasteiger partial charge on any atom is 0.339 e. The summed E-state index contributed by atoms with van der Waals surface area (Å²) in [5, 5.41) is 0.306. The van der Waals surface area contributed by atoms with Crippen molar-refractivity contribution in [3.63, 3.8) is 0 Å². The molecule has 1 N–H and O–H groups in total. The van der Waals surface area contributed by atoms with Gasteiger partial charge in [0.1, 0.15) is 26.0 Å². The Morgan fingerprint density at radius 3 is 2.88 bits per heavy atom. The van der Waals surface area contributed by atoms with Crippen molar-refractivity contribution >= 4 is 15.7 Å². The minimum absolute atomic E-state index is 0.0627. The van der Waals surface area contributed by atoms with Gasteiger partial charge in [-0.05, 0) is 31.4 Å². The van der Waals surface area contributed by atoms with Gasteiger partial charge in [-0.25, -0.2) is 23.8 Å². The quantitative estimate of drug-likeness (QED) is 0.847. The number of pyridine rings is 1. The molecule has 0 saturated carbocycles. The first kappa shape index (κ1) is 16.6. The van der Waals surface area contributed by atoms with Crippen LogP contribution in [0, 0.1) is 4.78 Å². The monoisotopic (exact) mass is 350 g/mol.